The van der Waals surface area contributed by atoms with Crippen molar-refractivity contribution in [3.63, 3.8) is 0 Å². The molecule has 1 aliphatic rings. The summed E-state index contributed by atoms with van der Waals surface area (Å²) in [7, 11) is 0. The van der Waals surface area contributed by atoms with E-state index in [4.69, 9.17) is 18.6 Å². The van der Waals surface area contributed by atoms with Crippen LogP contribution in [-0.4, -0.2) is 37.9 Å². The second kappa shape index (κ2) is 9.24. The second-order valence-electron chi connectivity index (χ2n) is 5.50. The maximum absolute atomic E-state index is 12.0. The molecule has 2 unspecified atom stereocenters. The Morgan fingerprint density at radius 3 is 3.08 bits per heavy atom. The molecule has 1 N–H and O–H groups in total. The molecule has 1 aromatic heterocycles. The Balaban J connectivity index is 1.76. The van der Waals surface area contributed by atoms with Crippen LogP contribution >= 0.6 is 0 Å². The highest BCUT2D eigenvalue weighted by Gasteiger charge is 2.19. The van der Waals surface area contributed by atoms with Gasteiger partial charge in [0.25, 0.3) is 0 Å². The van der Waals surface area contributed by atoms with Gasteiger partial charge in [0.1, 0.15) is 24.7 Å². The molecule has 0 aliphatic carbocycles. The molecule has 1 fully saturated rings. The summed E-state index contributed by atoms with van der Waals surface area (Å²) in [5.74, 6) is 0.173. The van der Waals surface area contributed by atoms with Crippen LogP contribution in [0.3, 0.4) is 0 Å². The minimum Gasteiger partial charge on any atom is -0.482 e. The van der Waals surface area contributed by atoms with Crippen LogP contribution in [0.4, 0.5) is 0 Å². The molecule has 0 saturated carbocycles. The van der Waals surface area contributed by atoms with E-state index in [0.29, 0.717) is 12.4 Å². The summed E-state index contributed by atoms with van der Waals surface area (Å²) >= 11 is 0. The first-order valence-electron chi connectivity index (χ1n) is 7.96. The standard InChI is InChI=1S/C17H23NO6/c1-3-6-22-16-11-24-14(8-15(16)19)9-18-17(20)12(2)23-10-13-5-4-7-21-13/h3,8,11-13H,1,4-7,9-10H2,2H3,(H,18,20). The van der Waals surface area contributed by atoms with Crippen molar-refractivity contribution in [2.75, 3.05) is 19.8 Å². The van der Waals surface area contributed by atoms with Gasteiger partial charge in [-0.1, -0.05) is 12.7 Å². The van der Waals surface area contributed by atoms with Crippen LogP contribution < -0.4 is 15.5 Å². The number of hydrogen-bond donors (Lipinski definition) is 1. The lowest BCUT2D eigenvalue weighted by Gasteiger charge is -2.16. The van der Waals surface area contributed by atoms with Gasteiger partial charge in [-0.05, 0) is 19.8 Å². The van der Waals surface area contributed by atoms with Crippen molar-refractivity contribution in [2.24, 2.45) is 0 Å². The molecule has 2 atom stereocenters. The third-order valence-electron chi connectivity index (χ3n) is 3.57. The number of amides is 1. The van der Waals surface area contributed by atoms with Gasteiger partial charge in [0.15, 0.2) is 0 Å². The van der Waals surface area contributed by atoms with Crippen molar-refractivity contribution in [3.05, 3.63) is 41.0 Å². The van der Waals surface area contributed by atoms with Crippen LogP contribution in [0.1, 0.15) is 25.5 Å². The quantitative estimate of drug-likeness (QED) is 0.686. The highest BCUT2D eigenvalue weighted by Crippen LogP contribution is 2.12. The molecule has 0 aromatic carbocycles. The Labute approximate surface area is 140 Å². The van der Waals surface area contributed by atoms with Gasteiger partial charge in [-0.2, -0.15) is 0 Å². The summed E-state index contributed by atoms with van der Waals surface area (Å²) in [6, 6.07) is 1.29. The summed E-state index contributed by atoms with van der Waals surface area (Å²) in [4.78, 5) is 23.8. The first-order valence-corrected chi connectivity index (χ1v) is 7.96. The third-order valence-corrected chi connectivity index (χ3v) is 3.57. The molecule has 2 rings (SSSR count). The van der Waals surface area contributed by atoms with Crippen molar-refractivity contribution in [1.82, 2.24) is 5.32 Å². The van der Waals surface area contributed by atoms with Crippen molar-refractivity contribution in [3.8, 4) is 5.75 Å². The van der Waals surface area contributed by atoms with Gasteiger partial charge in [-0.25, -0.2) is 0 Å². The van der Waals surface area contributed by atoms with Crippen molar-refractivity contribution < 1.29 is 23.4 Å². The molecule has 1 saturated heterocycles. The maximum Gasteiger partial charge on any atom is 0.249 e. The zero-order chi connectivity index (χ0) is 17.4. The average Bonchev–Trinajstić information content (AvgIpc) is 3.10. The van der Waals surface area contributed by atoms with E-state index in [9.17, 15) is 9.59 Å². The normalized spacial score (nSPS) is 18.1. The molecule has 0 radical (unpaired) electrons. The summed E-state index contributed by atoms with van der Waals surface area (Å²) in [5.41, 5.74) is -0.310. The molecular weight excluding hydrogens is 314 g/mol. The van der Waals surface area contributed by atoms with E-state index in [-0.39, 0.29) is 36.3 Å². The summed E-state index contributed by atoms with van der Waals surface area (Å²) in [6.45, 7) is 6.65. The number of ether oxygens (including phenoxy) is 3. The van der Waals surface area contributed by atoms with Gasteiger partial charge in [0.2, 0.25) is 17.1 Å². The molecule has 24 heavy (non-hydrogen) atoms. The van der Waals surface area contributed by atoms with Gasteiger partial charge in [0.05, 0.1) is 19.3 Å². The van der Waals surface area contributed by atoms with E-state index < -0.39 is 6.10 Å². The van der Waals surface area contributed by atoms with Gasteiger partial charge < -0.3 is 23.9 Å². The van der Waals surface area contributed by atoms with E-state index in [1.165, 1.54) is 18.4 Å². The molecule has 7 heteroatoms. The van der Waals surface area contributed by atoms with Crippen LogP contribution in [0.15, 0.2) is 34.2 Å². The highest BCUT2D eigenvalue weighted by atomic mass is 16.5. The molecule has 1 aliphatic heterocycles. The van der Waals surface area contributed by atoms with Gasteiger partial charge in [-0.3, -0.25) is 9.59 Å². The molecule has 7 nitrogen and oxygen atoms in total. The third kappa shape index (κ3) is 5.50. The number of hydrogen-bond acceptors (Lipinski definition) is 6. The second-order valence-corrected chi connectivity index (χ2v) is 5.50. The molecule has 0 bridgehead atoms. The van der Waals surface area contributed by atoms with Gasteiger partial charge in [-0.15, -0.1) is 0 Å². The Hall–Kier alpha value is -2.12. The summed E-state index contributed by atoms with van der Waals surface area (Å²) in [6.07, 6.45) is 4.22. The lowest BCUT2D eigenvalue weighted by atomic mass is 10.2. The van der Waals surface area contributed by atoms with Crippen molar-refractivity contribution in [1.29, 1.82) is 0 Å². The minimum atomic E-state index is -0.601. The molecule has 1 amide bonds. The number of carbonyl (C=O) groups is 1. The lowest BCUT2D eigenvalue weighted by molar-refractivity contribution is -0.134. The van der Waals surface area contributed by atoms with Crippen molar-refractivity contribution in [2.45, 2.75) is 38.5 Å². The zero-order valence-electron chi connectivity index (χ0n) is 13.8. The van der Waals surface area contributed by atoms with E-state index >= 15 is 0 Å². The first-order chi connectivity index (χ1) is 11.6. The summed E-state index contributed by atoms with van der Waals surface area (Å²) in [5, 5.41) is 2.67. The highest BCUT2D eigenvalue weighted by molar-refractivity contribution is 5.80. The predicted molar refractivity (Wildman–Crippen MR) is 86.9 cm³/mol. The average molecular weight is 337 g/mol. The summed E-state index contributed by atoms with van der Waals surface area (Å²) < 4.78 is 21.4. The lowest BCUT2D eigenvalue weighted by Crippen LogP contribution is -2.35. The molecular formula is C17H23NO6. The SMILES string of the molecule is C=CCOc1coc(CNC(=O)C(C)OCC2CCCO2)cc1=O. The largest absolute Gasteiger partial charge is 0.482 e. The van der Waals surface area contributed by atoms with Gasteiger partial charge >= 0.3 is 0 Å². The van der Waals surface area contributed by atoms with E-state index in [0.717, 1.165) is 19.4 Å². The Morgan fingerprint density at radius 1 is 1.58 bits per heavy atom. The number of rotatable bonds is 9. The first kappa shape index (κ1) is 18.2. The van der Waals surface area contributed by atoms with E-state index in [2.05, 4.69) is 11.9 Å². The predicted octanol–water partition coefficient (Wildman–Crippen LogP) is 1.40. The molecule has 132 valence electrons. The Morgan fingerprint density at radius 2 is 2.42 bits per heavy atom. The van der Waals surface area contributed by atoms with Crippen LogP contribution in [0.2, 0.25) is 0 Å². The minimum absolute atomic E-state index is 0.0707. The molecule has 1 aromatic rings. The Bertz CT molecular complexity index is 605. The zero-order valence-corrected chi connectivity index (χ0v) is 13.8. The molecule has 0 spiro atoms. The van der Waals surface area contributed by atoms with E-state index in [1.807, 2.05) is 0 Å². The van der Waals surface area contributed by atoms with E-state index in [1.54, 1.807) is 6.92 Å². The van der Waals surface area contributed by atoms with Crippen LogP contribution in [0.5, 0.6) is 5.75 Å². The van der Waals surface area contributed by atoms with Crippen LogP contribution in [0.25, 0.3) is 0 Å². The van der Waals surface area contributed by atoms with Crippen LogP contribution in [0, 0.1) is 0 Å². The topological polar surface area (TPSA) is 87.0 Å². The van der Waals surface area contributed by atoms with Crippen LogP contribution in [-0.2, 0) is 20.8 Å². The number of nitrogens with one attached hydrogen (secondary N) is 1. The number of carbonyl (C=O) groups excluding carboxylic acids is 1. The maximum atomic E-state index is 12.0. The van der Waals surface area contributed by atoms with Crippen molar-refractivity contribution >= 4 is 5.91 Å². The fourth-order valence-electron chi connectivity index (χ4n) is 2.21. The Kier molecular flexibility index (Phi) is 7.02. The van der Waals surface area contributed by atoms with Gasteiger partial charge in [0, 0.05) is 12.7 Å². The fraction of sp³-hybridized carbons (Fsp3) is 0.529. The molecule has 2 heterocycles. The fourth-order valence-corrected chi connectivity index (χ4v) is 2.21. The monoisotopic (exact) mass is 337 g/mol. The smallest absolute Gasteiger partial charge is 0.249 e.